The second-order valence-electron chi connectivity index (χ2n) is 3.50. The Morgan fingerprint density at radius 3 is 2.50 bits per heavy atom. The second-order valence-corrected chi connectivity index (χ2v) is 4.56. The van der Waals surface area contributed by atoms with Gasteiger partial charge in [0, 0.05) is 5.56 Å². The van der Waals surface area contributed by atoms with Crippen molar-refractivity contribution in [3.63, 3.8) is 0 Å². The molecule has 5 heteroatoms. The van der Waals surface area contributed by atoms with Crippen LogP contribution in [0.2, 0.25) is 0 Å². The first-order valence-corrected chi connectivity index (χ1v) is 5.22. The SMILES string of the molecule is CC(C)(O)c1cc(S(N)=O)ccc1F. The van der Waals surface area contributed by atoms with Crippen molar-refractivity contribution in [3.05, 3.63) is 29.6 Å². The van der Waals surface area contributed by atoms with Gasteiger partial charge in [-0.15, -0.1) is 0 Å². The van der Waals surface area contributed by atoms with Crippen LogP contribution in [0.3, 0.4) is 0 Å². The molecule has 1 unspecified atom stereocenters. The smallest absolute Gasteiger partial charge is 0.129 e. The summed E-state index contributed by atoms with van der Waals surface area (Å²) in [4.78, 5) is 0.295. The maximum atomic E-state index is 13.2. The summed E-state index contributed by atoms with van der Waals surface area (Å²) >= 11 is 0. The Labute approximate surface area is 84.3 Å². The van der Waals surface area contributed by atoms with Crippen LogP contribution < -0.4 is 5.14 Å². The second kappa shape index (κ2) is 3.76. The average molecular weight is 217 g/mol. The third kappa shape index (κ3) is 2.37. The van der Waals surface area contributed by atoms with E-state index in [1.165, 1.54) is 26.0 Å². The number of benzene rings is 1. The maximum Gasteiger partial charge on any atom is 0.129 e. The van der Waals surface area contributed by atoms with Crippen LogP contribution in [-0.2, 0) is 16.6 Å². The predicted molar refractivity (Wildman–Crippen MR) is 52.2 cm³/mol. The van der Waals surface area contributed by atoms with Crippen molar-refractivity contribution >= 4 is 11.0 Å². The lowest BCUT2D eigenvalue weighted by atomic mass is 9.98. The lowest BCUT2D eigenvalue weighted by molar-refractivity contribution is 0.0743. The maximum absolute atomic E-state index is 13.2. The van der Waals surface area contributed by atoms with Crippen LogP contribution in [-0.4, -0.2) is 9.32 Å². The number of nitrogens with two attached hydrogens (primary N) is 1. The summed E-state index contributed by atoms with van der Waals surface area (Å²) in [6, 6.07) is 3.79. The van der Waals surface area contributed by atoms with E-state index in [1.807, 2.05) is 0 Å². The molecule has 0 aliphatic heterocycles. The molecule has 0 fully saturated rings. The Morgan fingerprint density at radius 2 is 2.07 bits per heavy atom. The van der Waals surface area contributed by atoms with E-state index in [0.29, 0.717) is 4.90 Å². The van der Waals surface area contributed by atoms with Crippen LogP contribution in [0.25, 0.3) is 0 Å². The van der Waals surface area contributed by atoms with Crippen molar-refractivity contribution < 1.29 is 13.7 Å². The van der Waals surface area contributed by atoms with E-state index in [9.17, 15) is 13.7 Å². The molecule has 14 heavy (non-hydrogen) atoms. The fraction of sp³-hybridized carbons (Fsp3) is 0.333. The first-order valence-electron chi connectivity index (χ1n) is 4.01. The summed E-state index contributed by atoms with van der Waals surface area (Å²) in [5.41, 5.74) is -1.21. The molecule has 1 aromatic carbocycles. The zero-order valence-electron chi connectivity index (χ0n) is 7.95. The molecule has 0 aromatic heterocycles. The molecule has 0 aliphatic rings. The highest BCUT2D eigenvalue weighted by Crippen LogP contribution is 2.24. The van der Waals surface area contributed by atoms with Crippen LogP contribution in [0, 0.1) is 5.82 Å². The number of hydrogen-bond donors (Lipinski definition) is 2. The summed E-state index contributed by atoms with van der Waals surface area (Å²) in [6.07, 6.45) is 0. The summed E-state index contributed by atoms with van der Waals surface area (Å²) in [7, 11) is -1.66. The van der Waals surface area contributed by atoms with E-state index in [2.05, 4.69) is 0 Å². The molecule has 1 atom stereocenters. The Bertz CT molecular complexity index is 374. The van der Waals surface area contributed by atoms with Gasteiger partial charge in [0.2, 0.25) is 0 Å². The van der Waals surface area contributed by atoms with Gasteiger partial charge in [0.25, 0.3) is 0 Å². The zero-order chi connectivity index (χ0) is 10.9. The summed E-state index contributed by atoms with van der Waals surface area (Å²) < 4.78 is 24.1. The Balaban J connectivity index is 3.29. The van der Waals surface area contributed by atoms with Crippen LogP contribution in [0.5, 0.6) is 0 Å². The van der Waals surface area contributed by atoms with Crippen LogP contribution in [0.1, 0.15) is 19.4 Å². The third-order valence-corrected chi connectivity index (χ3v) is 2.55. The van der Waals surface area contributed by atoms with Crippen molar-refractivity contribution in [2.45, 2.75) is 24.3 Å². The molecule has 0 saturated carbocycles. The highest BCUT2D eigenvalue weighted by Gasteiger charge is 2.21. The number of halogens is 1. The molecule has 0 radical (unpaired) electrons. The number of aliphatic hydroxyl groups is 1. The van der Waals surface area contributed by atoms with Crippen molar-refractivity contribution in [3.8, 4) is 0 Å². The van der Waals surface area contributed by atoms with Crippen molar-refractivity contribution in [2.75, 3.05) is 0 Å². The van der Waals surface area contributed by atoms with E-state index in [0.717, 1.165) is 6.07 Å². The molecule has 0 bridgehead atoms. The minimum atomic E-state index is -1.66. The van der Waals surface area contributed by atoms with Crippen LogP contribution >= 0.6 is 0 Å². The highest BCUT2D eigenvalue weighted by molar-refractivity contribution is 7.82. The van der Waals surface area contributed by atoms with E-state index >= 15 is 0 Å². The van der Waals surface area contributed by atoms with Gasteiger partial charge in [-0.3, -0.25) is 0 Å². The van der Waals surface area contributed by atoms with Gasteiger partial charge in [-0.05, 0) is 32.0 Å². The van der Waals surface area contributed by atoms with Crippen molar-refractivity contribution in [1.82, 2.24) is 0 Å². The lowest BCUT2D eigenvalue weighted by Gasteiger charge is -2.18. The van der Waals surface area contributed by atoms with Gasteiger partial charge in [-0.2, -0.15) is 0 Å². The van der Waals surface area contributed by atoms with E-state index in [4.69, 9.17) is 5.14 Å². The lowest BCUT2D eigenvalue weighted by Crippen LogP contribution is -2.18. The molecule has 0 aliphatic carbocycles. The summed E-state index contributed by atoms with van der Waals surface area (Å²) in [5, 5.41) is 14.7. The predicted octanol–water partition coefficient (Wildman–Crippen LogP) is 1.03. The summed E-state index contributed by atoms with van der Waals surface area (Å²) in [5.74, 6) is -0.535. The average Bonchev–Trinajstić information content (AvgIpc) is 2.02. The Morgan fingerprint density at radius 1 is 1.50 bits per heavy atom. The Hall–Kier alpha value is -0.780. The molecular formula is C9H12FNO2S. The first kappa shape index (κ1) is 11.3. The Kier molecular flexibility index (Phi) is 3.04. The fourth-order valence-electron chi connectivity index (χ4n) is 1.10. The van der Waals surface area contributed by atoms with E-state index in [-0.39, 0.29) is 5.56 Å². The minimum absolute atomic E-state index is 0.0915. The van der Waals surface area contributed by atoms with Gasteiger partial charge in [-0.1, -0.05) is 0 Å². The molecule has 1 rings (SSSR count). The van der Waals surface area contributed by atoms with Crippen LogP contribution in [0.15, 0.2) is 23.1 Å². The zero-order valence-corrected chi connectivity index (χ0v) is 8.77. The molecule has 3 nitrogen and oxygen atoms in total. The number of rotatable bonds is 2. The fourth-order valence-corrected chi connectivity index (χ4v) is 1.53. The highest BCUT2D eigenvalue weighted by atomic mass is 32.2. The van der Waals surface area contributed by atoms with Gasteiger partial charge < -0.3 is 5.11 Å². The van der Waals surface area contributed by atoms with Gasteiger partial charge >= 0.3 is 0 Å². The third-order valence-electron chi connectivity index (χ3n) is 1.83. The quantitative estimate of drug-likeness (QED) is 0.777. The van der Waals surface area contributed by atoms with E-state index in [1.54, 1.807) is 0 Å². The van der Waals surface area contributed by atoms with Gasteiger partial charge in [0.05, 0.1) is 10.5 Å². The monoisotopic (exact) mass is 217 g/mol. The molecular weight excluding hydrogens is 205 g/mol. The van der Waals surface area contributed by atoms with Crippen molar-refractivity contribution in [1.29, 1.82) is 0 Å². The molecule has 78 valence electrons. The van der Waals surface area contributed by atoms with E-state index < -0.39 is 22.4 Å². The van der Waals surface area contributed by atoms with Gasteiger partial charge in [0.15, 0.2) is 0 Å². The topological polar surface area (TPSA) is 63.3 Å². The molecule has 1 aromatic rings. The summed E-state index contributed by atoms with van der Waals surface area (Å²) in [6.45, 7) is 2.91. The molecule has 0 spiro atoms. The molecule has 0 heterocycles. The normalized spacial score (nSPS) is 14.1. The van der Waals surface area contributed by atoms with Gasteiger partial charge in [0.1, 0.15) is 16.8 Å². The minimum Gasteiger partial charge on any atom is -0.386 e. The largest absolute Gasteiger partial charge is 0.386 e. The molecule has 3 N–H and O–H groups in total. The van der Waals surface area contributed by atoms with Crippen LogP contribution in [0.4, 0.5) is 4.39 Å². The van der Waals surface area contributed by atoms with Crippen molar-refractivity contribution in [2.24, 2.45) is 5.14 Å². The number of hydrogen-bond acceptors (Lipinski definition) is 2. The van der Waals surface area contributed by atoms with Gasteiger partial charge in [-0.25, -0.2) is 13.7 Å². The molecule has 0 saturated heterocycles. The first-order chi connectivity index (χ1) is 6.32. The molecule has 0 amide bonds. The standard InChI is InChI=1S/C9H12FNO2S/c1-9(2,12)7-5-6(14(11)13)3-4-8(7)10/h3-5,12H,11H2,1-2H3.